The lowest BCUT2D eigenvalue weighted by molar-refractivity contribution is 0.617. The van der Waals surface area contributed by atoms with E-state index in [-0.39, 0.29) is 0 Å². The maximum absolute atomic E-state index is 13.5. The molecule has 0 N–H and O–H groups in total. The molecule has 1 aromatic carbocycles. The van der Waals surface area contributed by atoms with Crippen LogP contribution in [-0.2, 0) is 17.3 Å². The van der Waals surface area contributed by atoms with Crippen LogP contribution in [0.2, 0.25) is 0 Å². The highest BCUT2D eigenvalue weighted by atomic mass is 19.1. The second-order valence-electron chi connectivity index (χ2n) is 6.99. The predicted octanol–water partition coefficient (Wildman–Crippen LogP) is 4.41. The lowest BCUT2D eigenvalue weighted by atomic mass is 9.74. The summed E-state index contributed by atoms with van der Waals surface area (Å²) in [7, 11) is 0. The molecule has 24 heavy (non-hydrogen) atoms. The highest BCUT2D eigenvalue weighted by Crippen LogP contribution is 2.35. The second-order valence-corrected chi connectivity index (χ2v) is 6.99. The molecule has 0 bridgehead atoms. The molecule has 4 heteroatoms. The molecule has 0 aliphatic carbocycles. The van der Waals surface area contributed by atoms with Crippen LogP contribution in [0.15, 0.2) is 36.7 Å². The molecule has 1 aromatic heterocycles. The van der Waals surface area contributed by atoms with Crippen LogP contribution in [0.25, 0.3) is 0 Å². The van der Waals surface area contributed by atoms with Crippen molar-refractivity contribution in [1.29, 1.82) is 10.5 Å². The molecule has 0 fully saturated rings. The van der Waals surface area contributed by atoms with E-state index in [1.54, 1.807) is 6.20 Å². The summed E-state index contributed by atoms with van der Waals surface area (Å²) in [5.74, 6) is -0.398. The first-order valence-electron chi connectivity index (χ1n) is 7.76. The van der Waals surface area contributed by atoms with Crippen LogP contribution in [0.5, 0.6) is 0 Å². The zero-order valence-electron chi connectivity index (χ0n) is 14.4. The van der Waals surface area contributed by atoms with Crippen LogP contribution >= 0.6 is 0 Å². The van der Waals surface area contributed by atoms with E-state index in [2.05, 4.69) is 17.1 Å². The summed E-state index contributed by atoms with van der Waals surface area (Å²) >= 11 is 0. The Morgan fingerprint density at radius 1 is 1.00 bits per heavy atom. The van der Waals surface area contributed by atoms with E-state index < -0.39 is 16.6 Å². The Morgan fingerprint density at radius 3 is 2.00 bits per heavy atom. The number of hydrogen-bond acceptors (Lipinski definition) is 3. The zero-order valence-corrected chi connectivity index (χ0v) is 14.4. The molecular weight excluding hydrogens is 301 g/mol. The highest BCUT2D eigenvalue weighted by Gasteiger charge is 2.30. The fourth-order valence-electron chi connectivity index (χ4n) is 2.83. The lowest BCUT2D eigenvalue weighted by Crippen LogP contribution is -2.23. The molecule has 0 aliphatic heterocycles. The standard InChI is InChI=1S/C20H20FN3/c1-19(2,12-22)17-6-5-7-18(20(3,4)13-23)16(17)9-14-8-15(21)11-24-10-14/h5-8,10-11H,9H2,1-4H3. The van der Waals surface area contributed by atoms with Gasteiger partial charge in [-0.1, -0.05) is 18.2 Å². The molecule has 0 atom stereocenters. The normalized spacial score (nSPS) is 11.6. The third kappa shape index (κ3) is 3.44. The van der Waals surface area contributed by atoms with Gasteiger partial charge in [0.05, 0.1) is 29.2 Å². The fourth-order valence-corrected chi connectivity index (χ4v) is 2.83. The average Bonchev–Trinajstić information content (AvgIpc) is 2.54. The molecule has 2 rings (SSSR count). The van der Waals surface area contributed by atoms with Crippen molar-refractivity contribution < 1.29 is 4.39 Å². The van der Waals surface area contributed by atoms with Gasteiger partial charge in [0.25, 0.3) is 0 Å². The minimum atomic E-state index is -0.711. The lowest BCUT2D eigenvalue weighted by Gasteiger charge is -2.27. The van der Waals surface area contributed by atoms with Crippen LogP contribution in [-0.4, -0.2) is 4.98 Å². The van der Waals surface area contributed by atoms with Crippen molar-refractivity contribution >= 4 is 0 Å². The summed E-state index contributed by atoms with van der Waals surface area (Å²) in [4.78, 5) is 3.90. The monoisotopic (exact) mass is 321 g/mol. The van der Waals surface area contributed by atoms with Gasteiger partial charge in [-0.25, -0.2) is 4.39 Å². The summed E-state index contributed by atoms with van der Waals surface area (Å²) in [6.07, 6.45) is 3.20. The summed E-state index contributed by atoms with van der Waals surface area (Å²) in [6, 6.07) is 11.8. The third-order valence-electron chi connectivity index (χ3n) is 4.22. The Balaban J connectivity index is 2.70. The molecule has 2 aromatic rings. The number of rotatable bonds is 4. The molecule has 0 saturated heterocycles. The maximum atomic E-state index is 13.5. The van der Waals surface area contributed by atoms with Crippen LogP contribution in [0.3, 0.4) is 0 Å². The topological polar surface area (TPSA) is 60.5 Å². The van der Waals surface area contributed by atoms with Crippen molar-refractivity contribution in [1.82, 2.24) is 4.98 Å². The van der Waals surface area contributed by atoms with Gasteiger partial charge in [0.1, 0.15) is 5.82 Å². The highest BCUT2D eigenvalue weighted by molar-refractivity contribution is 5.49. The van der Waals surface area contributed by atoms with Gasteiger partial charge in [-0.05, 0) is 62.4 Å². The van der Waals surface area contributed by atoms with E-state index in [1.807, 2.05) is 45.9 Å². The third-order valence-corrected chi connectivity index (χ3v) is 4.22. The number of nitriles is 2. The van der Waals surface area contributed by atoms with Crippen molar-refractivity contribution in [2.75, 3.05) is 0 Å². The van der Waals surface area contributed by atoms with E-state index in [0.29, 0.717) is 12.0 Å². The van der Waals surface area contributed by atoms with Crippen LogP contribution < -0.4 is 0 Å². The van der Waals surface area contributed by atoms with Gasteiger partial charge in [0.2, 0.25) is 0 Å². The van der Waals surface area contributed by atoms with Gasteiger partial charge >= 0.3 is 0 Å². The summed E-state index contributed by atoms with van der Waals surface area (Å²) in [5.41, 5.74) is 1.90. The molecule has 3 nitrogen and oxygen atoms in total. The Morgan fingerprint density at radius 2 is 1.54 bits per heavy atom. The van der Waals surface area contributed by atoms with Gasteiger partial charge in [0, 0.05) is 6.20 Å². The molecule has 1 heterocycles. The van der Waals surface area contributed by atoms with Crippen molar-refractivity contribution in [2.24, 2.45) is 0 Å². The average molecular weight is 321 g/mol. The van der Waals surface area contributed by atoms with E-state index in [4.69, 9.17) is 0 Å². The van der Waals surface area contributed by atoms with Gasteiger partial charge in [-0.2, -0.15) is 10.5 Å². The van der Waals surface area contributed by atoms with Crippen molar-refractivity contribution in [3.8, 4) is 12.1 Å². The number of aromatic nitrogens is 1. The largest absolute Gasteiger partial charge is 0.261 e. The van der Waals surface area contributed by atoms with Crippen molar-refractivity contribution in [3.63, 3.8) is 0 Å². The molecule has 0 radical (unpaired) electrons. The van der Waals surface area contributed by atoms with E-state index in [9.17, 15) is 14.9 Å². The smallest absolute Gasteiger partial charge is 0.141 e. The van der Waals surface area contributed by atoms with E-state index in [1.165, 1.54) is 6.07 Å². The molecular formula is C20H20FN3. The molecule has 122 valence electrons. The van der Waals surface area contributed by atoms with Crippen LogP contribution in [0, 0.1) is 28.5 Å². The van der Waals surface area contributed by atoms with E-state index >= 15 is 0 Å². The van der Waals surface area contributed by atoms with Gasteiger partial charge in [-0.15, -0.1) is 0 Å². The van der Waals surface area contributed by atoms with Crippen molar-refractivity contribution in [3.05, 3.63) is 64.7 Å². The minimum absolute atomic E-state index is 0.398. The van der Waals surface area contributed by atoms with Crippen LogP contribution in [0.1, 0.15) is 49.9 Å². The Hall–Kier alpha value is -2.72. The van der Waals surface area contributed by atoms with Crippen LogP contribution in [0.4, 0.5) is 4.39 Å². The number of hydrogen-bond donors (Lipinski definition) is 0. The molecule has 0 unspecified atom stereocenters. The number of nitrogens with zero attached hydrogens (tertiary/aromatic N) is 3. The summed E-state index contributed by atoms with van der Waals surface area (Å²) < 4.78 is 13.5. The molecule has 0 amide bonds. The molecule has 0 saturated carbocycles. The Labute approximate surface area is 142 Å². The summed E-state index contributed by atoms with van der Waals surface area (Å²) in [6.45, 7) is 7.38. The molecule has 0 aliphatic rings. The summed E-state index contributed by atoms with van der Waals surface area (Å²) in [5, 5.41) is 19.1. The second kappa shape index (κ2) is 6.42. The number of pyridine rings is 1. The zero-order chi connectivity index (χ0) is 18.0. The van der Waals surface area contributed by atoms with E-state index in [0.717, 1.165) is 22.9 Å². The van der Waals surface area contributed by atoms with Gasteiger partial charge < -0.3 is 0 Å². The SMILES string of the molecule is CC(C)(C#N)c1cccc(C(C)(C)C#N)c1Cc1cncc(F)c1. The first-order valence-corrected chi connectivity index (χ1v) is 7.76. The predicted molar refractivity (Wildman–Crippen MR) is 90.7 cm³/mol. The Bertz CT molecular complexity index is 794. The quantitative estimate of drug-likeness (QED) is 0.838. The fraction of sp³-hybridized carbons (Fsp3) is 0.350. The van der Waals surface area contributed by atoms with Crippen molar-refractivity contribution in [2.45, 2.75) is 44.9 Å². The van der Waals surface area contributed by atoms with Gasteiger partial charge in [0.15, 0.2) is 0 Å². The first-order chi connectivity index (χ1) is 11.2. The maximum Gasteiger partial charge on any atom is 0.141 e. The number of halogens is 1. The number of benzene rings is 1. The first kappa shape index (κ1) is 17.6. The molecule has 0 spiro atoms. The van der Waals surface area contributed by atoms with Gasteiger partial charge in [-0.3, -0.25) is 4.98 Å². The minimum Gasteiger partial charge on any atom is -0.261 e. The Kier molecular flexibility index (Phi) is 4.71.